The number of hydrogen-bond acceptors (Lipinski definition) is 3. The fraction of sp³-hybridized carbons (Fsp3) is 0.636. The molecular formula is C11H12O3. The molecule has 1 heterocycles. The first-order valence-electron chi connectivity index (χ1n) is 5.07. The van der Waals surface area contributed by atoms with Gasteiger partial charge in [0.2, 0.25) is 0 Å². The maximum Gasteiger partial charge on any atom is 0.318 e. The standard InChI is InChI=1S/C11H12O3/c1-11-4-2-6(3-5-11)7-8(11)10(13)14-9(7)12/h2,4,6-8H,3,5H2,1H3. The van der Waals surface area contributed by atoms with Crippen molar-refractivity contribution < 1.29 is 14.3 Å². The van der Waals surface area contributed by atoms with Crippen LogP contribution in [-0.4, -0.2) is 11.9 Å². The van der Waals surface area contributed by atoms with E-state index in [4.69, 9.17) is 4.74 Å². The highest BCUT2D eigenvalue weighted by molar-refractivity contribution is 5.98. The van der Waals surface area contributed by atoms with Crippen LogP contribution in [0.15, 0.2) is 12.2 Å². The number of allylic oxidation sites excluding steroid dienone is 2. The molecule has 0 aromatic carbocycles. The van der Waals surface area contributed by atoms with Gasteiger partial charge in [-0.25, -0.2) is 0 Å². The van der Waals surface area contributed by atoms with Crippen LogP contribution in [0.25, 0.3) is 0 Å². The molecule has 3 nitrogen and oxygen atoms in total. The van der Waals surface area contributed by atoms with Gasteiger partial charge in [-0.15, -0.1) is 0 Å². The van der Waals surface area contributed by atoms with Gasteiger partial charge in [-0.1, -0.05) is 19.1 Å². The molecular weight excluding hydrogens is 180 g/mol. The molecule has 2 fully saturated rings. The zero-order valence-electron chi connectivity index (χ0n) is 8.03. The number of carbonyl (C=O) groups excluding carboxylic acids is 2. The van der Waals surface area contributed by atoms with E-state index >= 15 is 0 Å². The number of carbonyl (C=O) groups is 2. The molecule has 3 aliphatic carbocycles. The summed E-state index contributed by atoms with van der Waals surface area (Å²) in [4.78, 5) is 23.0. The number of rotatable bonds is 0. The largest absolute Gasteiger partial charge is 0.393 e. The van der Waals surface area contributed by atoms with Crippen LogP contribution in [0.4, 0.5) is 0 Å². The Kier molecular flexibility index (Phi) is 1.33. The first-order valence-corrected chi connectivity index (χ1v) is 5.07. The summed E-state index contributed by atoms with van der Waals surface area (Å²) in [5.74, 6) is -0.775. The van der Waals surface area contributed by atoms with Crippen LogP contribution in [0, 0.1) is 23.2 Å². The van der Waals surface area contributed by atoms with Gasteiger partial charge < -0.3 is 4.74 Å². The summed E-state index contributed by atoms with van der Waals surface area (Å²) < 4.78 is 4.74. The van der Waals surface area contributed by atoms with Crippen LogP contribution < -0.4 is 0 Å². The molecule has 0 aromatic rings. The Bertz CT molecular complexity index is 358. The third-order valence-corrected chi connectivity index (χ3v) is 4.00. The molecule has 0 aromatic heterocycles. The van der Waals surface area contributed by atoms with Gasteiger partial charge in [0.15, 0.2) is 0 Å². The zero-order valence-corrected chi connectivity index (χ0v) is 8.03. The first-order chi connectivity index (χ1) is 6.62. The molecule has 2 bridgehead atoms. The molecule has 1 saturated carbocycles. The van der Waals surface area contributed by atoms with Gasteiger partial charge in [-0.05, 0) is 24.2 Å². The maximum atomic E-state index is 11.5. The van der Waals surface area contributed by atoms with Crippen LogP contribution in [-0.2, 0) is 14.3 Å². The van der Waals surface area contributed by atoms with Crippen LogP contribution in [0.1, 0.15) is 19.8 Å². The summed E-state index contributed by atoms with van der Waals surface area (Å²) in [5, 5.41) is 0. The van der Waals surface area contributed by atoms with Crippen LogP contribution in [0.3, 0.4) is 0 Å². The Morgan fingerprint density at radius 3 is 2.79 bits per heavy atom. The molecule has 14 heavy (non-hydrogen) atoms. The average molecular weight is 192 g/mol. The van der Waals surface area contributed by atoms with Crippen molar-refractivity contribution in [3.63, 3.8) is 0 Å². The van der Waals surface area contributed by atoms with E-state index in [9.17, 15) is 9.59 Å². The molecule has 0 spiro atoms. The van der Waals surface area contributed by atoms with Crippen molar-refractivity contribution in [1.82, 2.24) is 0 Å². The zero-order chi connectivity index (χ0) is 9.92. The Morgan fingerprint density at radius 1 is 1.43 bits per heavy atom. The molecule has 0 N–H and O–H groups in total. The molecule has 4 unspecified atom stereocenters. The highest BCUT2D eigenvalue weighted by atomic mass is 16.6. The number of hydrogen-bond donors (Lipinski definition) is 0. The molecule has 4 aliphatic rings. The topological polar surface area (TPSA) is 43.4 Å². The second-order valence-corrected chi connectivity index (χ2v) is 4.81. The van der Waals surface area contributed by atoms with E-state index in [-0.39, 0.29) is 35.1 Å². The smallest absolute Gasteiger partial charge is 0.318 e. The minimum Gasteiger partial charge on any atom is -0.393 e. The van der Waals surface area contributed by atoms with Gasteiger partial charge >= 0.3 is 11.9 Å². The lowest BCUT2D eigenvalue weighted by atomic mass is 9.56. The normalized spacial score (nSPS) is 49.4. The molecule has 1 saturated heterocycles. The van der Waals surface area contributed by atoms with E-state index in [1.54, 1.807) is 0 Å². The molecule has 0 amide bonds. The summed E-state index contributed by atoms with van der Waals surface area (Å²) in [6, 6.07) is 0. The number of esters is 2. The molecule has 4 atom stereocenters. The minimum absolute atomic E-state index is 0.136. The van der Waals surface area contributed by atoms with Gasteiger partial charge in [0.05, 0.1) is 11.8 Å². The van der Waals surface area contributed by atoms with Crippen molar-refractivity contribution >= 4 is 11.9 Å². The maximum absolute atomic E-state index is 11.5. The Labute approximate surface area is 82.1 Å². The number of fused-ring (bicyclic) bond motifs is 1. The number of cyclic esters (lactones) is 2. The van der Waals surface area contributed by atoms with Crippen molar-refractivity contribution in [1.29, 1.82) is 0 Å². The lowest BCUT2D eigenvalue weighted by molar-refractivity contribution is -0.154. The average Bonchev–Trinajstić information content (AvgIpc) is 2.45. The van der Waals surface area contributed by atoms with Gasteiger partial charge in [0.25, 0.3) is 0 Å². The SMILES string of the molecule is CC12C=CC(CC1)C1C(=O)OC(=O)C12. The van der Waals surface area contributed by atoms with Crippen molar-refractivity contribution in [2.75, 3.05) is 0 Å². The van der Waals surface area contributed by atoms with E-state index in [2.05, 4.69) is 19.1 Å². The lowest BCUT2D eigenvalue weighted by Crippen LogP contribution is -2.45. The predicted octanol–water partition coefficient (Wildman–Crippen LogP) is 1.29. The Hall–Kier alpha value is -1.12. The quantitative estimate of drug-likeness (QED) is 0.330. The van der Waals surface area contributed by atoms with Crippen molar-refractivity contribution in [2.24, 2.45) is 23.2 Å². The molecule has 74 valence electrons. The predicted molar refractivity (Wildman–Crippen MR) is 48.1 cm³/mol. The van der Waals surface area contributed by atoms with Gasteiger partial charge in [0, 0.05) is 0 Å². The summed E-state index contributed by atoms with van der Waals surface area (Å²) in [5.41, 5.74) is -0.136. The van der Waals surface area contributed by atoms with Gasteiger partial charge in [0.1, 0.15) is 0 Å². The van der Waals surface area contributed by atoms with Crippen LogP contribution >= 0.6 is 0 Å². The highest BCUT2D eigenvalue weighted by Crippen LogP contribution is 2.55. The van der Waals surface area contributed by atoms with Gasteiger partial charge in [-0.2, -0.15) is 0 Å². The second-order valence-electron chi connectivity index (χ2n) is 4.81. The second kappa shape index (κ2) is 2.27. The highest BCUT2D eigenvalue weighted by Gasteiger charge is 2.59. The summed E-state index contributed by atoms with van der Waals surface area (Å²) in [7, 11) is 0. The third kappa shape index (κ3) is 0.781. The molecule has 4 rings (SSSR count). The Balaban J connectivity index is 2.13. The van der Waals surface area contributed by atoms with E-state index in [1.165, 1.54) is 0 Å². The number of ether oxygens (including phenoxy) is 1. The Morgan fingerprint density at radius 2 is 2.21 bits per heavy atom. The van der Waals surface area contributed by atoms with E-state index < -0.39 is 0 Å². The third-order valence-electron chi connectivity index (χ3n) is 4.00. The van der Waals surface area contributed by atoms with Crippen molar-refractivity contribution in [3.05, 3.63) is 12.2 Å². The molecule has 1 aliphatic heterocycles. The fourth-order valence-corrected chi connectivity index (χ4v) is 3.17. The summed E-state index contributed by atoms with van der Waals surface area (Å²) in [6.07, 6.45) is 6.20. The van der Waals surface area contributed by atoms with E-state index in [0.29, 0.717) is 0 Å². The summed E-state index contributed by atoms with van der Waals surface area (Å²) >= 11 is 0. The van der Waals surface area contributed by atoms with Crippen LogP contribution in [0.5, 0.6) is 0 Å². The van der Waals surface area contributed by atoms with Crippen molar-refractivity contribution in [2.45, 2.75) is 19.8 Å². The fourth-order valence-electron chi connectivity index (χ4n) is 3.17. The first kappa shape index (κ1) is 8.21. The molecule has 3 heteroatoms. The lowest BCUT2D eigenvalue weighted by Gasteiger charge is -2.45. The monoisotopic (exact) mass is 192 g/mol. The van der Waals surface area contributed by atoms with Gasteiger partial charge in [-0.3, -0.25) is 9.59 Å². The van der Waals surface area contributed by atoms with E-state index in [0.717, 1.165) is 12.8 Å². The van der Waals surface area contributed by atoms with E-state index in [1.807, 2.05) is 0 Å². The van der Waals surface area contributed by atoms with Crippen LogP contribution in [0.2, 0.25) is 0 Å². The van der Waals surface area contributed by atoms with Crippen molar-refractivity contribution in [3.8, 4) is 0 Å². The summed E-state index contributed by atoms with van der Waals surface area (Å²) in [6.45, 7) is 2.05. The minimum atomic E-state index is -0.309. The molecule has 0 radical (unpaired) electrons.